The van der Waals surface area contributed by atoms with Gasteiger partial charge in [-0.05, 0) is 51.8 Å². The van der Waals surface area contributed by atoms with Gasteiger partial charge in [0.1, 0.15) is 11.6 Å². The summed E-state index contributed by atoms with van der Waals surface area (Å²) < 4.78 is 4.48. The molecule has 0 radical (unpaired) electrons. The molecule has 168 valence electrons. The molecule has 1 N–H and O–H groups in total. The number of anilines is 1. The summed E-state index contributed by atoms with van der Waals surface area (Å²) in [5, 5.41) is 5.84. The number of hydrogen-bond acceptors (Lipinski definition) is 4. The number of aryl methyl sites for hydroxylation is 5. The monoisotopic (exact) mass is 438 g/mol. The van der Waals surface area contributed by atoms with Crippen molar-refractivity contribution in [2.45, 2.75) is 47.6 Å². The van der Waals surface area contributed by atoms with E-state index in [1.807, 2.05) is 19.4 Å². The number of fused-ring (bicyclic) bond motifs is 3. The smallest absolute Gasteiger partial charge is 0.151 e. The molecule has 2 aromatic carbocycles. The summed E-state index contributed by atoms with van der Waals surface area (Å²) in [6, 6.07) is 13.0. The zero-order valence-corrected chi connectivity index (χ0v) is 20.0. The lowest BCUT2D eigenvalue weighted by atomic mass is 10.0. The highest BCUT2D eigenvalue weighted by atomic mass is 15.1. The van der Waals surface area contributed by atoms with Crippen LogP contribution in [-0.2, 0) is 13.0 Å². The van der Waals surface area contributed by atoms with Crippen molar-refractivity contribution in [1.29, 1.82) is 0 Å². The van der Waals surface area contributed by atoms with E-state index in [2.05, 4.69) is 83.5 Å². The van der Waals surface area contributed by atoms with Gasteiger partial charge in [-0.1, -0.05) is 35.9 Å². The lowest BCUT2D eigenvalue weighted by molar-refractivity contribution is 0.711. The Hall–Kier alpha value is -3.67. The summed E-state index contributed by atoms with van der Waals surface area (Å²) in [6.45, 7) is 12.3. The Morgan fingerprint density at radius 1 is 0.970 bits per heavy atom. The lowest BCUT2D eigenvalue weighted by Gasteiger charge is -2.15. The molecular formula is C27H30N6. The van der Waals surface area contributed by atoms with E-state index in [-0.39, 0.29) is 0 Å². The molecule has 0 bridgehead atoms. The van der Waals surface area contributed by atoms with Crippen molar-refractivity contribution >= 4 is 27.8 Å². The Kier molecular flexibility index (Phi) is 5.36. The van der Waals surface area contributed by atoms with Crippen LogP contribution >= 0.6 is 0 Å². The molecule has 0 fully saturated rings. The van der Waals surface area contributed by atoms with Crippen molar-refractivity contribution in [3.05, 3.63) is 77.1 Å². The third-order valence-electron chi connectivity index (χ3n) is 6.30. The van der Waals surface area contributed by atoms with Gasteiger partial charge in [0.25, 0.3) is 0 Å². The summed E-state index contributed by atoms with van der Waals surface area (Å²) in [6.07, 6.45) is 4.72. The Morgan fingerprint density at radius 2 is 1.73 bits per heavy atom. The van der Waals surface area contributed by atoms with Gasteiger partial charge in [0.15, 0.2) is 5.65 Å². The van der Waals surface area contributed by atoms with Crippen LogP contribution in [0.2, 0.25) is 0 Å². The number of para-hydroxylation sites is 1. The maximum atomic E-state index is 4.94. The minimum absolute atomic E-state index is 0.759. The van der Waals surface area contributed by atoms with Crippen molar-refractivity contribution in [2.75, 3.05) is 11.9 Å². The van der Waals surface area contributed by atoms with Gasteiger partial charge in [0.2, 0.25) is 0 Å². The van der Waals surface area contributed by atoms with Crippen LogP contribution in [-0.4, -0.2) is 30.6 Å². The lowest BCUT2D eigenvalue weighted by Crippen LogP contribution is -2.11. The summed E-state index contributed by atoms with van der Waals surface area (Å²) in [5.41, 5.74) is 8.27. The Morgan fingerprint density at radius 3 is 2.48 bits per heavy atom. The molecule has 0 spiro atoms. The molecule has 0 saturated carbocycles. The van der Waals surface area contributed by atoms with E-state index in [1.54, 1.807) is 0 Å². The van der Waals surface area contributed by atoms with Crippen molar-refractivity contribution in [3.8, 4) is 5.69 Å². The van der Waals surface area contributed by atoms with Crippen molar-refractivity contribution in [2.24, 2.45) is 0 Å². The first-order valence-corrected chi connectivity index (χ1v) is 11.6. The second-order valence-electron chi connectivity index (χ2n) is 8.77. The van der Waals surface area contributed by atoms with E-state index in [1.165, 1.54) is 28.1 Å². The third kappa shape index (κ3) is 3.65. The fourth-order valence-electron chi connectivity index (χ4n) is 4.99. The third-order valence-corrected chi connectivity index (χ3v) is 6.30. The molecule has 0 aliphatic rings. The number of benzene rings is 2. The van der Waals surface area contributed by atoms with E-state index in [0.717, 1.165) is 53.1 Å². The van der Waals surface area contributed by atoms with Crippen LogP contribution in [0.1, 0.15) is 35.1 Å². The number of hydrogen-bond donors (Lipinski definition) is 1. The number of rotatable bonds is 6. The van der Waals surface area contributed by atoms with Crippen LogP contribution in [0.4, 0.5) is 5.82 Å². The van der Waals surface area contributed by atoms with Gasteiger partial charge >= 0.3 is 0 Å². The van der Waals surface area contributed by atoms with E-state index in [9.17, 15) is 0 Å². The highest BCUT2D eigenvalue weighted by Gasteiger charge is 2.20. The molecule has 33 heavy (non-hydrogen) atoms. The molecule has 0 aliphatic heterocycles. The molecule has 0 aliphatic carbocycles. The second kappa shape index (κ2) is 8.35. The fraction of sp³-hybridized carbons (Fsp3) is 0.296. The largest absolute Gasteiger partial charge is 0.369 e. The van der Waals surface area contributed by atoms with E-state index in [4.69, 9.17) is 9.97 Å². The molecule has 5 rings (SSSR count). The molecular weight excluding hydrogens is 408 g/mol. The topological polar surface area (TPSA) is 60.6 Å². The van der Waals surface area contributed by atoms with Crippen LogP contribution < -0.4 is 5.32 Å². The maximum Gasteiger partial charge on any atom is 0.151 e. The van der Waals surface area contributed by atoms with Gasteiger partial charge in [0, 0.05) is 36.8 Å². The first kappa shape index (κ1) is 21.2. The predicted molar refractivity (Wildman–Crippen MR) is 135 cm³/mol. The van der Waals surface area contributed by atoms with Gasteiger partial charge in [-0.25, -0.2) is 15.0 Å². The minimum Gasteiger partial charge on any atom is -0.369 e. The average Bonchev–Trinajstić information content (AvgIpc) is 3.35. The highest BCUT2D eigenvalue weighted by molar-refractivity contribution is 6.13. The molecule has 5 aromatic rings. The van der Waals surface area contributed by atoms with Gasteiger partial charge in [-0.2, -0.15) is 0 Å². The summed E-state index contributed by atoms with van der Waals surface area (Å²) in [4.78, 5) is 14.0. The van der Waals surface area contributed by atoms with Gasteiger partial charge in [0.05, 0.1) is 22.9 Å². The predicted octanol–water partition coefficient (Wildman–Crippen LogP) is 5.68. The molecule has 0 unspecified atom stereocenters. The molecule has 0 amide bonds. The van der Waals surface area contributed by atoms with Crippen LogP contribution in [0.5, 0.6) is 0 Å². The molecule has 0 saturated heterocycles. The first-order valence-electron chi connectivity index (χ1n) is 11.6. The Balaban J connectivity index is 1.67. The summed E-state index contributed by atoms with van der Waals surface area (Å²) >= 11 is 0. The van der Waals surface area contributed by atoms with E-state index < -0.39 is 0 Å². The van der Waals surface area contributed by atoms with Gasteiger partial charge in [-0.15, -0.1) is 0 Å². The normalized spacial score (nSPS) is 11.5. The SMILES string of the molecule is CCn1cncc1CCNc1nc(C)nc2c1c1ccccc1n2-c1c(C)cc(C)cc1C. The first-order chi connectivity index (χ1) is 16.0. The van der Waals surface area contributed by atoms with Crippen LogP contribution in [0, 0.1) is 27.7 Å². The Labute approximate surface area is 194 Å². The minimum atomic E-state index is 0.759. The standard InChI is InChI=1S/C27H30N6/c1-6-32-16-28-15-21(32)11-12-29-26-24-22-9-7-8-10-23(22)33(27(24)31-20(5)30-26)25-18(3)13-17(2)14-19(25)4/h7-10,13-16H,6,11-12H2,1-5H3,(H,29,30,31). The quantitative estimate of drug-likeness (QED) is 0.371. The zero-order chi connectivity index (χ0) is 23.1. The molecule has 3 heterocycles. The van der Waals surface area contributed by atoms with Crippen molar-refractivity contribution < 1.29 is 0 Å². The van der Waals surface area contributed by atoms with Crippen LogP contribution in [0.15, 0.2) is 48.9 Å². The summed E-state index contributed by atoms with van der Waals surface area (Å²) in [7, 11) is 0. The van der Waals surface area contributed by atoms with E-state index in [0.29, 0.717) is 0 Å². The second-order valence-corrected chi connectivity index (χ2v) is 8.77. The zero-order valence-electron chi connectivity index (χ0n) is 20.0. The van der Waals surface area contributed by atoms with Gasteiger partial charge in [-0.3, -0.25) is 4.57 Å². The number of nitrogens with one attached hydrogen (secondary N) is 1. The molecule has 3 aromatic heterocycles. The fourth-order valence-corrected chi connectivity index (χ4v) is 4.99. The van der Waals surface area contributed by atoms with Crippen LogP contribution in [0.25, 0.3) is 27.6 Å². The highest BCUT2D eigenvalue weighted by Crippen LogP contribution is 2.36. The molecule has 0 atom stereocenters. The number of imidazole rings is 1. The van der Waals surface area contributed by atoms with Crippen molar-refractivity contribution in [1.82, 2.24) is 24.1 Å². The average molecular weight is 439 g/mol. The summed E-state index contributed by atoms with van der Waals surface area (Å²) in [5.74, 6) is 1.65. The molecule has 6 heteroatoms. The van der Waals surface area contributed by atoms with Crippen LogP contribution in [0.3, 0.4) is 0 Å². The van der Waals surface area contributed by atoms with Crippen molar-refractivity contribution in [3.63, 3.8) is 0 Å². The Bertz CT molecular complexity index is 1450. The molecule has 6 nitrogen and oxygen atoms in total. The van der Waals surface area contributed by atoms with Gasteiger partial charge < -0.3 is 9.88 Å². The van der Waals surface area contributed by atoms with E-state index >= 15 is 0 Å². The number of nitrogens with zero attached hydrogens (tertiary/aromatic N) is 5. The maximum absolute atomic E-state index is 4.94. The number of aromatic nitrogens is 5.